The molecule has 168 valence electrons. The second kappa shape index (κ2) is 8.42. The number of halogens is 3. The summed E-state index contributed by atoms with van der Waals surface area (Å²) in [5, 5.41) is 18.3. The molecule has 11 heteroatoms. The third-order valence-corrected chi connectivity index (χ3v) is 7.49. The van der Waals surface area contributed by atoms with E-state index < -0.39 is 23.6 Å². The van der Waals surface area contributed by atoms with Crippen LogP contribution < -0.4 is 10.6 Å². The third-order valence-electron chi connectivity index (χ3n) is 5.63. The van der Waals surface area contributed by atoms with Crippen LogP contribution in [0.1, 0.15) is 29.6 Å². The van der Waals surface area contributed by atoms with Gasteiger partial charge >= 0.3 is 6.18 Å². The maximum Gasteiger partial charge on any atom is 0.404 e. The number of aryl methyl sites for hydroxylation is 2. The van der Waals surface area contributed by atoms with Crippen LogP contribution in [-0.4, -0.2) is 27.2 Å². The molecule has 3 atom stereocenters. The number of anilines is 2. The predicted molar refractivity (Wildman–Crippen MR) is 119 cm³/mol. The van der Waals surface area contributed by atoms with Crippen molar-refractivity contribution in [2.24, 2.45) is 11.3 Å². The average Bonchev–Trinajstić information content (AvgIpc) is 3.01. The fourth-order valence-electron chi connectivity index (χ4n) is 3.75. The van der Waals surface area contributed by atoms with Crippen molar-refractivity contribution in [1.29, 1.82) is 5.26 Å². The number of rotatable bonds is 7. The Morgan fingerprint density at radius 2 is 2.09 bits per heavy atom. The van der Waals surface area contributed by atoms with Crippen molar-refractivity contribution in [3.05, 3.63) is 40.0 Å². The largest absolute Gasteiger partial charge is 0.404 e. The Morgan fingerprint density at radius 3 is 2.66 bits per heavy atom. The summed E-state index contributed by atoms with van der Waals surface area (Å²) in [6, 6.07) is 3.66. The van der Waals surface area contributed by atoms with Crippen molar-refractivity contribution in [1.82, 2.24) is 20.3 Å². The first-order valence-corrected chi connectivity index (χ1v) is 11.6. The summed E-state index contributed by atoms with van der Waals surface area (Å²) in [6.45, 7) is 5.43. The molecule has 0 amide bonds. The summed E-state index contributed by atoms with van der Waals surface area (Å²) in [7, 11) is 0. The van der Waals surface area contributed by atoms with Crippen LogP contribution in [0.3, 0.4) is 0 Å². The van der Waals surface area contributed by atoms with E-state index >= 15 is 0 Å². The molecule has 0 bridgehead atoms. The molecule has 1 aliphatic rings. The van der Waals surface area contributed by atoms with E-state index in [1.54, 1.807) is 23.5 Å². The molecular formula is C21H21F3N6S2. The monoisotopic (exact) mass is 478 g/mol. The fraction of sp³-hybridized carbons (Fsp3) is 0.429. The van der Waals surface area contributed by atoms with Crippen molar-refractivity contribution in [3.63, 3.8) is 0 Å². The minimum absolute atomic E-state index is 0.0105. The minimum atomic E-state index is -4.42. The Kier molecular flexibility index (Phi) is 5.96. The van der Waals surface area contributed by atoms with Gasteiger partial charge in [0.1, 0.15) is 11.9 Å². The van der Waals surface area contributed by atoms with Crippen LogP contribution in [0.5, 0.6) is 0 Å². The van der Waals surface area contributed by atoms with Crippen molar-refractivity contribution in [3.8, 4) is 16.6 Å². The second-order valence-corrected chi connectivity index (χ2v) is 10.2. The summed E-state index contributed by atoms with van der Waals surface area (Å²) in [4.78, 5) is 14.3. The SMILES string of the molecule is Cc1nc(C)c(-c2csc(Nc3ccc(CN[C@H](C(F)(F)F)C4(C)CC4C#N)cn3)n2)s1. The number of nitriles is 1. The number of nitrogens with zero attached hydrogens (tertiary/aromatic N) is 4. The molecule has 3 aromatic heterocycles. The molecule has 32 heavy (non-hydrogen) atoms. The van der Waals surface area contributed by atoms with Crippen LogP contribution in [-0.2, 0) is 6.54 Å². The molecule has 0 radical (unpaired) electrons. The van der Waals surface area contributed by atoms with E-state index in [1.165, 1.54) is 24.5 Å². The molecular weight excluding hydrogens is 457 g/mol. The molecule has 1 aliphatic carbocycles. The van der Waals surface area contributed by atoms with Crippen LogP contribution in [0.4, 0.5) is 24.1 Å². The molecule has 2 unspecified atom stereocenters. The van der Waals surface area contributed by atoms with Gasteiger partial charge in [-0.2, -0.15) is 18.4 Å². The molecule has 3 aromatic rings. The Hall–Kier alpha value is -2.55. The summed E-state index contributed by atoms with van der Waals surface area (Å²) in [5.41, 5.74) is 1.33. The normalized spacial score (nSPS) is 21.2. The van der Waals surface area contributed by atoms with Gasteiger partial charge in [0, 0.05) is 23.5 Å². The second-order valence-electron chi connectivity index (χ2n) is 8.11. The van der Waals surface area contributed by atoms with Crippen molar-refractivity contribution < 1.29 is 13.2 Å². The standard InChI is InChI=1S/C21H21F3N6S2/c1-11-17(32-12(2)28-11)15-10-31-19(29-15)30-16-5-4-13(8-26-16)9-27-18(21(22,23)24)20(3)6-14(20)7-25/h4-5,8,10,14,18,27H,6,9H2,1-3H3,(H,26,29,30)/t14?,18-,20?/m0/s1. The lowest BCUT2D eigenvalue weighted by Crippen LogP contribution is -2.48. The van der Waals surface area contributed by atoms with Gasteiger partial charge in [0.15, 0.2) is 5.13 Å². The highest BCUT2D eigenvalue weighted by atomic mass is 32.1. The number of thiazole rings is 2. The van der Waals surface area contributed by atoms with E-state index in [9.17, 15) is 13.2 Å². The highest BCUT2D eigenvalue weighted by Crippen LogP contribution is 2.57. The predicted octanol–water partition coefficient (Wildman–Crippen LogP) is 5.59. The first-order valence-electron chi connectivity index (χ1n) is 9.92. The van der Waals surface area contributed by atoms with Gasteiger partial charge in [-0.25, -0.2) is 15.0 Å². The molecule has 1 saturated carbocycles. The van der Waals surface area contributed by atoms with Gasteiger partial charge in [-0.05, 0) is 31.9 Å². The van der Waals surface area contributed by atoms with Crippen molar-refractivity contribution in [2.75, 3.05) is 5.32 Å². The number of hydrogen-bond donors (Lipinski definition) is 2. The average molecular weight is 479 g/mol. The number of nitrogens with one attached hydrogen (secondary N) is 2. The number of hydrogen-bond acceptors (Lipinski definition) is 8. The molecule has 2 N–H and O–H groups in total. The Balaban J connectivity index is 1.39. The highest BCUT2D eigenvalue weighted by molar-refractivity contribution is 7.16. The molecule has 0 aromatic carbocycles. The maximum atomic E-state index is 13.5. The summed E-state index contributed by atoms with van der Waals surface area (Å²) < 4.78 is 40.6. The Labute approximate surface area is 191 Å². The molecule has 0 spiro atoms. The molecule has 3 heterocycles. The van der Waals surface area contributed by atoms with Crippen LogP contribution in [0.25, 0.3) is 10.6 Å². The van der Waals surface area contributed by atoms with Gasteiger partial charge < -0.3 is 10.6 Å². The lowest BCUT2D eigenvalue weighted by Gasteiger charge is -2.27. The van der Waals surface area contributed by atoms with E-state index in [0.717, 1.165) is 21.3 Å². The van der Waals surface area contributed by atoms with Gasteiger partial charge in [-0.3, -0.25) is 0 Å². The van der Waals surface area contributed by atoms with Gasteiger partial charge in [0.25, 0.3) is 0 Å². The summed E-state index contributed by atoms with van der Waals surface area (Å²) >= 11 is 3.03. The zero-order valence-electron chi connectivity index (χ0n) is 17.6. The van der Waals surface area contributed by atoms with Crippen molar-refractivity contribution in [2.45, 2.75) is 46.0 Å². The summed E-state index contributed by atoms with van der Waals surface area (Å²) in [5.74, 6) is -0.0231. The zero-order valence-corrected chi connectivity index (χ0v) is 19.3. The number of aromatic nitrogens is 3. The van der Waals surface area contributed by atoms with E-state index in [2.05, 4.69) is 25.6 Å². The van der Waals surface area contributed by atoms with E-state index in [4.69, 9.17) is 5.26 Å². The lowest BCUT2D eigenvalue weighted by molar-refractivity contribution is -0.171. The quantitative estimate of drug-likeness (QED) is 0.460. The third kappa shape index (κ3) is 4.62. The minimum Gasteiger partial charge on any atom is -0.316 e. The van der Waals surface area contributed by atoms with Gasteiger partial charge in [-0.1, -0.05) is 13.0 Å². The first-order chi connectivity index (χ1) is 15.1. The first kappa shape index (κ1) is 22.6. The van der Waals surface area contributed by atoms with E-state index in [-0.39, 0.29) is 13.0 Å². The Bertz CT molecular complexity index is 1150. The topological polar surface area (TPSA) is 86.5 Å². The molecule has 6 nitrogen and oxygen atoms in total. The lowest BCUT2D eigenvalue weighted by atomic mass is 9.95. The number of alkyl halides is 3. The molecule has 0 saturated heterocycles. The van der Waals surface area contributed by atoms with Crippen LogP contribution in [0.2, 0.25) is 0 Å². The van der Waals surface area contributed by atoms with Gasteiger partial charge in [0.2, 0.25) is 0 Å². The summed E-state index contributed by atoms with van der Waals surface area (Å²) in [6.07, 6.45) is -2.64. The molecule has 1 fully saturated rings. The smallest absolute Gasteiger partial charge is 0.316 e. The van der Waals surface area contributed by atoms with Crippen LogP contribution in [0, 0.1) is 36.5 Å². The number of pyridine rings is 1. The maximum absolute atomic E-state index is 13.5. The fourth-order valence-corrected chi connectivity index (χ4v) is 5.42. The van der Waals surface area contributed by atoms with Gasteiger partial charge in [-0.15, -0.1) is 22.7 Å². The van der Waals surface area contributed by atoms with E-state index in [0.29, 0.717) is 16.5 Å². The Morgan fingerprint density at radius 1 is 1.31 bits per heavy atom. The zero-order chi connectivity index (χ0) is 23.1. The van der Waals surface area contributed by atoms with Gasteiger partial charge in [0.05, 0.1) is 33.3 Å². The molecule has 4 rings (SSSR count). The molecule has 0 aliphatic heterocycles. The van der Waals surface area contributed by atoms with Crippen LogP contribution in [0.15, 0.2) is 23.7 Å². The van der Waals surface area contributed by atoms with Crippen LogP contribution >= 0.6 is 22.7 Å². The van der Waals surface area contributed by atoms with E-state index in [1.807, 2.05) is 25.3 Å². The van der Waals surface area contributed by atoms with Crippen molar-refractivity contribution >= 4 is 33.6 Å². The highest BCUT2D eigenvalue weighted by Gasteiger charge is 2.63.